The minimum Gasteiger partial charge on any atom is -0.497 e. The fourth-order valence-electron chi connectivity index (χ4n) is 3.12. The van der Waals surface area contributed by atoms with E-state index in [0.29, 0.717) is 6.61 Å². The molecule has 0 amide bonds. The van der Waals surface area contributed by atoms with Gasteiger partial charge < -0.3 is 14.4 Å². The first-order valence-electron chi connectivity index (χ1n) is 10.5. The summed E-state index contributed by atoms with van der Waals surface area (Å²) in [6.45, 7) is 12.0. The lowest BCUT2D eigenvalue weighted by molar-refractivity contribution is -0.110. The molecule has 4 nitrogen and oxygen atoms in total. The lowest BCUT2D eigenvalue weighted by Crippen LogP contribution is -2.27. The van der Waals surface area contributed by atoms with Crippen LogP contribution in [0, 0.1) is 13.8 Å². The van der Waals surface area contributed by atoms with Gasteiger partial charge in [0.15, 0.2) is 5.78 Å². The Labute approximate surface area is 180 Å². The number of allylic oxidation sites excluding steroid dienone is 2. The fourth-order valence-corrected chi connectivity index (χ4v) is 3.12. The normalized spacial score (nSPS) is 11.5. The first-order chi connectivity index (χ1) is 14.5. The predicted octanol–water partition coefficient (Wildman–Crippen LogP) is 5.33. The summed E-state index contributed by atoms with van der Waals surface area (Å²) in [6.07, 6.45) is 6.87. The Kier molecular flexibility index (Phi) is 9.36. The maximum Gasteiger partial charge on any atom is 0.178 e. The van der Waals surface area contributed by atoms with Gasteiger partial charge in [-0.05, 0) is 85.6 Å². The first-order valence-corrected chi connectivity index (χ1v) is 10.5. The molecule has 2 aromatic rings. The Morgan fingerprint density at radius 1 is 0.900 bits per heavy atom. The Bertz CT molecular complexity index is 895. The highest BCUT2D eigenvalue weighted by atomic mass is 16.5. The van der Waals surface area contributed by atoms with E-state index in [4.69, 9.17) is 9.47 Å². The van der Waals surface area contributed by atoms with E-state index in [9.17, 15) is 4.79 Å². The second kappa shape index (κ2) is 12.0. The maximum absolute atomic E-state index is 12.2. The van der Waals surface area contributed by atoms with Crippen LogP contribution in [0.4, 0.5) is 0 Å². The van der Waals surface area contributed by atoms with E-state index in [1.165, 1.54) is 0 Å². The Balaban J connectivity index is 1.94. The highest BCUT2D eigenvalue weighted by Gasteiger charge is 2.02. The molecule has 0 aliphatic rings. The van der Waals surface area contributed by atoms with Gasteiger partial charge in [-0.1, -0.05) is 38.1 Å². The molecule has 0 saturated heterocycles. The van der Waals surface area contributed by atoms with Crippen molar-refractivity contribution in [3.63, 3.8) is 0 Å². The molecule has 0 saturated carbocycles. The van der Waals surface area contributed by atoms with Crippen LogP contribution in [0.25, 0.3) is 12.2 Å². The number of ketones is 1. The monoisotopic (exact) mass is 407 g/mol. The SMILES string of the molecule is CCN(CC)CCOc1ccc(/C=C/C(=O)/C=C/c2ccc(OC)cc2C)c(C)c1. The number of likely N-dealkylation sites (N-methyl/N-ethyl adjacent to an activating group) is 1. The van der Waals surface area contributed by atoms with Crippen LogP contribution in [0.1, 0.15) is 36.1 Å². The van der Waals surface area contributed by atoms with Gasteiger partial charge in [0.1, 0.15) is 18.1 Å². The molecule has 0 N–H and O–H groups in total. The van der Waals surface area contributed by atoms with Crippen molar-refractivity contribution < 1.29 is 14.3 Å². The van der Waals surface area contributed by atoms with Crippen molar-refractivity contribution in [2.24, 2.45) is 0 Å². The van der Waals surface area contributed by atoms with E-state index in [-0.39, 0.29) is 5.78 Å². The van der Waals surface area contributed by atoms with Gasteiger partial charge >= 0.3 is 0 Å². The molecular weight excluding hydrogens is 374 g/mol. The molecule has 0 aliphatic heterocycles. The maximum atomic E-state index is 12.2. The van der Waals surface area contributed by atoms with Crippen LogP contribution in [-0.2, 0) is 4.79 Å². The van der Waals surface area contributed by atoms with Gasteiger partial charge in [-0.25, -0.2) is 0 Å². The van der Waals surface area contributed by atoms with Crippen molar-refractivity contribution in [2.75, 3.05) is 33.4 Å². The van der Waals surface area contributed by atoms with Gasteiger partial charge in [-0.3, -0.25) is 4.79 Å². The standard InChI is InChI=1S/C26H33NO3/c1-6-27(7-2)16-17-30-26-15-11-23(21(4)19-26)9-13-24(28)12-8-22-10-14-25(29-5)18-20(22)3/h8-15,18-19H,6-7,16-17H2,1-5H3/b12-8+,13-9+. The molecule has 30 heavy (non-hydrogen) atoms. The fraction of sp³-hybridized carbons (Fsp3) is 0.346. The van der Waals surface area contributed by atoms with E-state index in [2.05, 4.69) is 18.7 Å². The predicted molar refractivity (Wildman–Crippen MR) is 125 cm³/mol. The topological polar surface area (TPSA) is 38.8 Å². The van der Waals surface area contributed by atoms with Crippen LogP contribution >= 0.6 is 0 Å². The van der Waals surface area contributed by atoms with Gasteiger partial charge in [-0.15, -0.1) is 0 Å². The molecule has 4 heteroatoms. The van der Waals surface area contributed by atoms with Gasteiger partial charge in [0.2, 0.25) is 0 Å². The molecule has 0 aromatic heterocycles. The largest absolute Gasteiger partial charge is 0.497 e. The van der Waals surface area contributed by atoms with Crippen molar-refractivity contribution in [2.45, 2.75) is 27.7 Å². The van der Waals surface area contributed by atoms with Crippen LogP contribution < -0.4 is 9.47 Å². The minimum atomic E-state index is -0.0517. The van der Waals surface area contributed by atoms with Gasteiger partial charge in [-0.2, -0.15) is 0 Å². The van der Waals surface area contributed by atoms with Crippen LogP contribution in [0.15, 0.2) is 48.6 Å². The van der Waals surface area contributed by atoms with Crippen molar-refractivity contribution in [1.82, 2.24) is 4.90 Å². The van der Waals surface area contributed by atoms with Crippen LogP contribution in [0.3, 0.4) is 0 Å². The number of aryl methyl sites for hydroxylation is 2. The number of ether oxygens (including phenoxy) is 2. The third kappa shape index (κ3) is 7.20. The number of hydrogen-bond acceptors (Lipinski definition) is 4. The summed E-state index contributed by atoms with van der Waals surface area (Å²) in [5.74, 6) is 1.62. The molecule has 0 atom stereocenters. The summed E-state index contributed by atoms with van der Waals surface area (Å²) in [7, 11) is 1.64. The van der Waals surface area contributed by atoms with Crippen molar-refractivity contribution >= 4 is 17.9 Å². The molecule has 2 rings (SSSR count). The number of carbonyl (C=O) groups excluding carboxylic acids is 1. The molecule has 0 unspecified atom stereocenters. The molecular formula is C26H33NO3. The zero-order valence-electron chi connectivity index (χ0n) is 18.8. The highest BCUT2D eigenvalue weighted by molar-refractivity contribution is 6.04. The molecule has 0 spiro atoms. The molecule has 0 bridgehead atoms. The van der Waals surface area contributed by atoms with Crippen molar-refractivity contribution in [1.29, 1.82) is 0 Å². The zero-order valence-corrected chi connectivity index (χ0v) is 18.8. The zero-order chi connectivity index (χ0) is 21.9. The summed E-state index contributed by atoms with van der Waals surface area (Å²) < 4.78 is 11.1. The molecule has 2 aromatic carbocycles. The molecule has 0 radical (unpaired) electrons. The number of hydrogen-bond donors (Lipinski definition) is 0. The average Bonchev–Trinajstić information content (AvgIpc) is 2.75. The van der Waals surface area contributed by atoms with Gasteiger partial charge in [0.25, 0.3) is 0 Å². The second-order valence-electron chi connectivity index (χ2n) is 7.19. The number of nitrogens with zero attached hydrogens (tertiary/aromatic N) is 1. The number of rotatable bonds is 11. The third-order valence-electron chi connectivity index (χ3n) is 5.14. The third-order valence-corrected chi connectivity index (χ3v) is 5.14. The van der Waals surface area contributed by atoms with Crippen molar-refractivity contribution in [3.05, 3.63) is 70.8 Å². The van der Waals surface area contributed by atoms with Crippen LogP contribution in [0.2, 0.25) is 0 Å². The quantitative estimate of drug-likeness (QED) is 0.472. The number of carbonyl (C=O) groups is 1. The number of methoxy groups -OCH3 is 1. The summed E-state index contributed by atoms with van der Waals surface area (Å²) in [4.78, 5) is 14.6. The first kappa shape index (κ1) is 23.4. The second-order valence-corrected chi connectivity index (χ2v) is 7.19. The van der Waals surface area contributed by atoms with Crippen molar-refractivity contribution in [3.8, 4) is 11.5 Å². The summed E-state index contributed by atoms with van der Waals surface area (Å²) in [5, 5.41) is 0. The van der Waals surface area contributed by atoms with E-state index in [0.717, 1.165) is 53.4 Å². The minimum absolute atomic E-state index is 0.0517. The molecule has 160 valence electrons. The summed E-state index contributed by atoms with van der Waals surface area (Å²) in [6, 6.07) is 11.8. The highest BCUT2D eigenvalue weighted by Crippen LogP contribution is 2.19. The Morgan fingerprint density at radius 2 is 1.43 bits per heavy atom. The van der Waals surface area contributed by atoms with Gasteiger partial charge in [0.05, 0.1) is 7.11 Å². The average molecular weight is 408 g/mol. The van der Waals surface area contributed by atoms with Crippen LogP contribution in [-0.4, -0.2) is 44.0 Å². The van der Waals surface area contributed by atoms with E-state index in [1.54, 1.807) is 19.3 Å². The Hall–Kier alpha value is -2.85. The smallest absolute Gasteiger partial charge is 0.178 e. The van der Waals surface area contributed by atoms with E-state index in [1.807, 2.05) is 62.4 Å². The lowest BCUT2D eigenvalue weighted by Gasteiger charge is -2.18. The van der Waals surface area contributed by atoms with Gasteiger partial charge in [0, 0.05) is 6.54 Å². The molecule has 0 aliphatic carbocycles. The summed E-state index contributed by atoms with van der Waals surface area (Å²) >= 11 is 0. The molecule has 0 fully saturated rings. The summed E-state index contributed by atoms with van der Waals surface area (Å²) in [5.41, 5.74) is 4.15. The van der Waals surface area contributed by atoms with E-state index < -0.39 is 0 Å². The number of benzene rings is 2. The van der Waals surface area contributed by atoms with E-state index >= 15 is 0 Å². The molecule has 0 heterocycles. The Morgan fingerprint density at radius 3 is 1.93 bits per heavy atom. The van der Waals surface area contributed by atoms with Crippen LogP contribution in [0.5, 0.6) is 11.5 Å². The lowest BCUT2D eigenvalue weighted by atomic mass is 10.1.